The van der Waals surface area contributed by atoms with E-state index in [0.717, 1.165) is 23.7 Å². The van der Waals surface area contributed by atoms with Crippen LogP contribution in [0.4, 0.5) is 5.69 Å². The molecule has 0 bridgehead atoms. The standard InChI is InChI=1S/C11H14ClN/c1-9(2)7-8-13-11-5-3-10(12)4-6-11/h3-6,13H,1,7-8H2,2H3. The van der Waals surface area contributed by atoms with Gasteiger partial charge >= 0.3 is 0 Å². The minimum atomic E-state index is 0.769. The van der Waals surface area contributed by atoms with Crippen LogP contribution in [0, 0.1) is 0 Å². The van der Waals surface area contributed by atoms with Gasteiger partial charge < -0.3 is 5.32 Å². The van der Waals surface area contributed by atoms with Gasteiger partial charge in [-0.15, -0.1) is 6.58 Å². The molecule has 0 saturated heterocycles. The molecule has 0 heterocycles. The molecule has 70 valence electrons. The Bertz CT molecular complexity index is 277. The third-order valence-electron chi connectivity index (χ3n) is 1.73. The van der Waals surface area contributed by atoms with Crippen LogP contribution in [0.2, 0.25) is 5.02 Å². The van der Waals surface area contributed by atoms with Crippen molar-refractivity contribution in [2.45, 2.75) is 13.3 Å². The van der Waals surface area contributed by atoms with Gasteiger partial charge in [0.2, 0.25) is 0 Å². The lowest BCUT2D eigenvalue weighted by molar-refractivity contribution is 1.00. The highest BCUT2D eigenvalue weighted by Gasteiger charge is 1.91. The van der Waals surface area contributed by atoms with Crippen molar-refractivity contribution in [3.05, 3.63) is 41.4 Å². The number of nitrogens with one attached hydrogen (secondary N) is 1. The Morgan fingerprint density at radius 1 is 1.38 bits per heavy atom. The quantitative estimate of drug-likeness (QED) is 0.723. The first-order valence-corrected chi connectivity index (χ1v) is 4.70. The second kappa shape index (κ2) is 4.93. The Kier molecular flexibility index (Phi) is 3.84. The average Bonchev–Trinajstić information content (AvgIpc) is 2.08. The summed E-state index contributed by atoms with van der Waals surface area (Å²) in [5.74, 6) is 0. The molecule has 1 aromatic carbocycles. The second-order valence-corrected chi connectivity index (χ2v) is 3.58. The molecule has 1 nitrogen and oxygen atoms in total. The fourth-order valence-electron chi connectivity index (χ4n) is 0.988. The molecule has 0 saturated carbocycles. The van der Waals surface area contributed by atoms with Crippen LogP contribution in [0.5, 0.6) is 0 Å². The maximum Gasteiger partial charge on any atom is 0.0407 e. The van der Waals surface area contributed by atoms with Gasteiger partial charge in [-0.1, -0.05) is 17.2 Å². The number of benzene rings is 1. The number of hydrogen-bond donors (Lipinski definition) is 1. The van der Waals surface area contributed by atoms with Crippen LogP contribution < -0.4 is 5.32 Å². The highest BCUT2D eigenvalue weighted by Crippen LogP contribution is 2.13. The fraction of sp³-hybridized carbons (Fsp3) is 0.273. The molecule has 0 aliphatic heterocycles. The molecule has 0 fully saturated rings. The topological polar surface area (TPSA) is 12.0 Å². The number of hydrogen-bond acceptors (Lipinski definition) is 1. The van der Waals surface area contributed by atoms with Gasteiger partial charge in [-0.2, -0.15) is 0 Å². The molecule has 0 atom stereocenters. The lowest BCUT2D eigenvalue weighted by Gasteiger charge is -2.05. The van der Waals surface area contributed by atoms with E-state index in [1.165, 1.54) is 5.57 Å². The molecular formula is C11H14ClN. The highest BCUT2D eigenvalue weighted by molar-refractivity contribution is 6.30. The monoisotopic (exact) mass is 195 g/mol. The molecule has 0 aliphatic rings. The average molecular weight is 196 g/mol. The van der Waals surface area contributed by atoms with Gasteiger partial charge in [0.25, 0.3) is 0 Å². The van der Waals surface area contributed by atoms with Crippen LogP contribution >= 0.6 is 11.6 Å². The number of anilines is 1. The third-order valence-corrected chi connectivity index (χ3v) is 1.98. The first-order chi connectivity index (χ1) is 6.18. The van der Waals surface area contributed by atoms with Gasteiger partial charge in [0.1, 0.15) is 0 Å². The molecule has 0 unspecified atom stereocenters. The van der Waals surface area contributed by atoms with Crippen molar-refractivity contribution >= 4 is 17.3 Å². The number of halogens is 1. The summed E-state index contributed by atoms with van der Waals surface area (Å²) in [4.78, 5) is 0. The Morgan fingerprint density at radius 2 is 2.00 bits per heavy atom. The Labute approximate surface area is 84.4 Å². The van der Waals surface area contributed by atoms with Gasteiger partial charge in [0, 0.05) is 17.3 Å². The van der Waals surface area contributed by atoms with E-state index in [2.05, 4.69) is 11.9 Å². The Morgan fingerprint density at radius 3 is 2.54 bits per heavy atom. The molecular weight excluding hydrogens is 182 g/mol. The summed E-state index contributed by atoms with van der Waals surface area (Å²) in [6.45, 7) is 6.80. The highest BCUT2D eigenvalue weighted by atomic mass is 35.5. The Hall–Kier alpha value is -0.950. The van der Waals surface area contributed by atoms with Gasteiger partial charge in [-0.3, -0.25) is 0 Å². The van der Waals surface area contributed by atoms with E-state index in [1.54, 1.807) is 0 Å². The minimum Gasteiger partial charge on any atom is -0.385 e. The number of rotatable bonds is 4. The predicted octanol–water partition coefficient (Wildman–Crippen LogP) is 3.72. The van der Waals surface area contributed by atoms with Crippen molar-refractivity contribution in [2.75, 3.05) is 11.9 Å². The summed E-state index contributed by atoms with van der Waals surface area (Å²) in [5, 5.41) is 4.05. The van der Waals surface area contributed by atoms with Crippen LogP contribution in [0.25, 0.3) is 0 Å². The summed E-state index contributed by atoms with van der Waals surface area (Å²) in [6, 6.07) is 7.71. The zero-order valence-corrected chi connectivity index (χ0v) is 8.56. The van der Waals surface area contributed by atoms with Crippen LogP contribution in [0.15, 0.2) is 36.4 Å². The fourth-order valence-corrected chi connectivity index (χ4v) is 1.11. The summed E-state index contributed by atoms with van der Waals surface area (Å²) < 4.78 is 0. The molecule has 1 aromatic rings. The molecule has 1 N–H and O–H groups in total. The zero-order valence-electron chi connectivity index (χ0n) is 7.81. The van der Waals surface area contributed by atoms with E-state index in [1.807, 2.05) is 31.2 Å². The molecule has 1 rings (SSSR count). The van der Waals surface area contributed by atoms with Crippen molar-refractivity contribution in [1.82, 2.24) is 0 Å². The Balaban J connectivity index is 2.37. The van der Waals surface area contributed by atoms with Gasteiger partial charge in [-0.25, -0.2) is 0 Å². The molecule has 0 spiro atoms. The normalized spacial score (nSPS) is 9.69. The van der Waals surface area contributed by atoms with E-state index < -0.39 is 0 Å². The van der Waals surface area contributed by atoms with Gasteiger partial charge in [0.15, 0.2) is 0 Å². The van der Waals surface area contributed by atoms with E-state index in [0.29, 0.717) is 0 Å². The lowest BCUT2D eigenvalue weighted by Crippen LogP contribution is -2.00. The smallest absolute Gasteiger partial charge is 0.0407 e. The molecule has 2 heteroatoms. The van der Waals surface area contributed by atoms with Crippen molar-refractivity contribution in [3.63, 3.8) is 0 Å². The van der Waals surface area contributed by atoms with Crippen molar-refractivity contribution in [2.24, 2.45) is 0 Å². The van der Waals surface area contributed by atoms with E-state index in [4.69, 9.17) is 11.6 Å². The van der Waals surface area contributed by atoms with Crippen molar-refractivity contribution in [1.29, 1.82) is 0 Å². The first kappa shape index (κ1) is 10.1. The van der Waals surface area contributed by atoms with E-state index in [9.17, 15) is 0 Å². The summed E-state index contributed by atoms with van der Waals surface area (Å²) in [7, 11) is 0. The van der Waals surface area contributed by atoms with Gasteiger partial charge in [-0.05, 0) is 37.6 Å². The van der Waals surface area contributed by atoms with Crippen LogP contribution in [0.3, 0.4) is 0 Å². The summed E-state index contributed by atoms with van der Waals surface area (Å²) in [6.07, 6.45) is 1.00. The first-order valence-electron chi connectivity index (χ1n) is 4.32. The largest absolute Gasteiger partial charge is 0.385 e. The van der Waals surface area contributed by atoms with Crippen LogP contribution in [0.1, 0.15) is 13.3 Å². The lowest BCUT2D eigenvalue weighted by atomic mass is 10.2. The molecule has 13 heavy (non-hydrogen) atoms. The molecule has 0 aliphatic carbocycles. The predicted molar refractivity (Wildman–Crippen MR) is 59.4 cm³/mol. The summed E-state index contributed by atoms with van der Waals surface area (Å²) >= 11 is 5.75. The SMILES string of the molecule is C=C(C)CCNc1ccc(Cl)cc1. The molecule has 0 radical (unpaired) electrons. The van der Waals surface area contributed by atoms with Gasteiger partial charge in [0.05, 0.1) is 0 Å². The molecule has 0 aromatic heterocycles. The van der Waals surface area contributed by atoms with Crippen LogP contribution in [-0.2, 0) is 0 Å². The maximum absolute atomic E-state index is 5.75. The second-order valence-electron chi connectivity index (χ2n) is 3.14. The zero-order chi connectivity index (χ0) is 9.68. The van der Waals surface area contributed by atoms with Crippen molar-refractivity contribution in [3.8, 4) is 0 Å². The van der Waals surface area contributed by atoms with Crippen molar-refractivity contribution < 1.29 is 0 Å². The maximum atomic E-state index is 5.75. The van der Waals surface area contributed by atoms with Crippen LogP contribution in [-0.4, -0.2) is 6.54 Å². The van der Waals surface area contributed by atoms with E-state index >= 15 is 0 Å². The summed E-state index contributed by atoms with van der Waals surface area (Å²) in [5.41, 5.74) is 2.30. The minimum absolute atomic E-state index is 0.769. The molecule has 0 amide bonds. The van der Waals surface area contributed by atoms with E-state index in [-0.39, 0.29) is 0 Å². The third kappa shape index (κ3) is 4.00.